The molecule has 0 aromatic heterocycles. The molecule has 0 aliphatic carbocycles. The quantitative estimate of drug-likeness (QED) is 0.310. The van der Waals surface area contributed by atoms with E-state index in [-0.39, 0.29) is 6.10 Å². The number of nitrogens with zero attached hydrogens (tertiary/aromatic N) is 1. The van der Waals surface area contributed by atoms with Crippen LogP contribution in [0.5, 0.6) is 0 Å². The number of hydrogen-bond donors (Lipinski definition) is 0. The summed E-state index contributed by atoms with van der Waals surface area (Å²) >= 11 is 0. The van der Waals surface area contributed by atoms with Gasteiger partial charge in [-0.15, -0.1) is 0 Å². The summed E-state index contributed by atoms with van der Waals surface area (Å²) in [4.78, 5) is 0. The van der Waals surface area contributed by atoms with E-state index < -0.39 is 0 Å². The average molecular weight is 189 g/mol. The minimum atomic E-state index is -0.0376. The van der Waals surface area contributed by atoms with Gasteiger partial charge in [0.1, 0.15) is 12.8 Å². The predicted octanol–water partition coefficient (Wildman–Crippen LogP) is 2.50. The van der Waals surface area contributed by atoms with E-state index in [0.29, 0.717) is 10.4 Å². The SMILES string of the molecule is C=[N+]([O-])c1ccccc1C1CC=CO1. The molecule has 0 saturated carbocycles. The van der Waals surface area contributed by atoms with Crippen molar-refractivity contribution in [2.75, 3.05) is 0 Å². The largest absolute Gasteiger partial charge is 0.619 e. The highest BCUT2D eigenvalue weighted by atomic mass is 16.5. The molecule has 1 aromatic carbocycles. The maximum absolute atomic E-state index is 11.2. The zero-order valence-corrected chi connectivity index (χ0v) is 7.72. The number of benzene rings is 1. The first kappa shape index (κ1) is 8.81. The molecule has 2 rings (SSSR count). The summed E-state index contributed by atoms with van der Waals surface area (Å²) in [6.45, 7) is 3.34. The van der Waals surface area contributed by atoms with Crippen LogP contribution in [-0.2, 0) is 4.74 Å². The maximum Gasteiger partial charge on any atom is 0.222 e. The lowest BCUT2D eigenvalue weighted by Crippen LogP contribution is -2.01. The summed E-state index contributed by atoms with van der Waals surface area (Å²) in [6, 6.07) is 7.35. The molecule has 0 saturated heterocycles. The van der Waals surface area contributed by atoms with Crippen molar-refractivity contribution in [3.8, 4) is 0 Å². The molecule has 1 atom stereocenters. The molecule has 3 nitrogen and oxygen atoms in total. The van der Waals surface area contributed by atoms with E-state index in [0.717, 1.165) is 12.0 Å². The van der Waals surface area contributed by atoms with Gasteiger partial charge in [-0.05, 0) is 12.1 Å². The lowest BCUT2D eigenvalue weighted by atomic mass is 10.1. The van der Waals surface area contributed by atoms with Gasteiger partial charge in [0.05, 0.1) is 11.8 Å². The first-order chi connectivity index (χ1) is 6.79. The summed E-state index contributed by atoms with van der Waals surface area (Å²) in [5, 5.41) is 11.2. The van der Waals surface area contributed by atoms with Gasteiger partial charge in [0, 0.05) is 12.5 Å². The topological polar surface area (TPSA) is 35.3 Å². The molecule has 1 heterocycles. The number of para-hydroxylation sites is 1. The second kappa shape index (κ2) is 3.54. The lowest BCUT2D eigenvalue weighted by molar-refractivity contribution is -0.351. The summed E-state index contributed by atoms with van der Waals surface area (Å²) in [5.41, 5.74) is 1.46. The standard InChI is InChI=1S/C11H11NO2/c1-12(13)10-6-3-2-5-9(10)11-7-4-8-14-11/h2-6,8,11H,1,7H2. The zero-order valence-electron chi connectivity index (χ0n) is 7.72. The van der Waals surface area contributed by atoms with Gasteiger partial charge in [-0.3, -0.25) is 0 Å². The Hall–Kier alpha value is -1.77. The minimum absolute atomic E-state index is 0.0376. The molecule has 0 N–H and O–H groups in total. The van der Waals surface area contributed by atoms with E-state index in [1.54, 1.807) is 12.3 Å². The third kappa shape index (κ3) is 1.48. The Morgan fingerprint density at radius 3 is 2.86 bits per heavy atom. The Bertz CT molecular complexity index is 377. The van der Waals surface area contributed by atoms with Gasteiger partial charge in [0.25, 0.3) is 0 Å². The second-order valence-corrected chi connectivity index (χ2v) is 3.17. The molecule has 0 bridgehead atoms. The molecule has 0 fully saturated rings. The van der Waals surface area contributed by atoms with Crippen LogP contribution in [0.4, 0.5) is 5.69 Å². The van der Waals surface area contributed by atoms with Crippen molar-refractivity contribution in [1.29, 1.82) is 0 Å². The second-order valence-electron chi connectivity index (χ2n) is 3.17. The molecular formula is C11H11NO2. The van der Waals surface area contributed by atoms with Gasteiger partial charge in [-0.25, -0.2) is 0 Å². The summed E-state index contributed by atoms with van der Waals surface area (Å²) in [5.74, 6) is 0. The first-order valence-corrected chi connectivity index (χ1v) is 4.46. The normalized spacial score (nSPS) is 19.3. The van der Waals surface area contributed by atoms with Crippen molar-refractivity contribution in [3.63, 3.8) is 0 Å². The van der Waals surface area contributed by atoms with Crippen molar-refractivity contribution >= 4 is 12.4 Å². The fraction of sp³-hybridized carbons (Fsp3) is 0.182. The van der Waals surface area contributed by atoms with Gasteiger partial charge in [-0.1, -0.05) is 12.1 Å². The van der Waals surface area contributed by atoms with E-state index in [1.807, 2.05) is 24.3 Å². The fourth-order valence-electron chi connectivity index (χ4n) is 1.57. The van der Waals surface area contributed by atoms with Crippen molar-refractivity contribution in [1.82, 2.24) is 0 Å². The Kier molecular flexibility index (Phi) is 2.23. The first-order valence-electron chi connectivity index (χ1n) is 4.46. The highest BCUT2D eigenvalue weighted by molar-refractivity contribution is 5.44. The number of rotatable bonds is 2. The van der Waals surface area contributed by atoms with E-state index >= 15 is 0 Å². The van der Waals surface area contributed by atoms with Crippen molar-refractivity contribution in [2.45, 2.75) is 12.5 Å². The van der Waals surface area contributed by atoms with Gasteiger partial charge in [0.15, 0.2) is 0 Å². The number of hydrogen-bond acceptors (Lipinski definition) is 2. The maximum atomic E-state index is 11.2. The molecule has 0 spiro atoms. The predicted molar refractivity (Wildman–Crippen MR) is 54.4 cm³/mol. The van der Waals surface area contributed by atoms with Crippen LogP contribution in [-0.4, -0.2) is 11.5 Å². The van der Waals surface area contributed by atoms with Crippen LogP contribution in [0.3, 0.4) is 0 Å². The monoisotopic (exact) mass is 189 g/mol. The molecule has 0 amide bonds. The van der Waals surface area contributed by atoms with Crippen molar-refractivity contribution in [2.24, 2.45) is 0 Å². The summed E-state index contributed by atoms with van der Waals surface area (Å²) < 4.78 is 5.98. The average Bonchev–Trinajstić information content (AvgIpc) is 2.70. The Morgan fingerprint density at radius 2 is 2.21 bits per heavy atom. The molecule has 1 aliphatic rings. The highest BCUT2D eigenvalue weighted by Gasteiger charge is 2.20. The van der Waals surface area contributed by atoms with Crippen LogP contribution in [0.15, 0.2) is 36.6 Å². The lowest BCUT2D eigenvalue weighted by Gasteiger charge is -2.13. The molecule has 3 heteroatoms. The molecule has 1 unspecified atom stereocenters. The Balaban J connectivity index is 2.36. The van der Waals surface area contributed by atoms with E-state index in [1.165, 1.54) is 0 Å². The van der Waals surface area contributed by atoms with E-state index in [4.69, 9.17) is 4.74 Å². The summed E-state index contributed by atoms with van der Waals surface area (Å²) in [7, 11) is 0. The third-order valence-corrected chi connectivity index (χ3v) is 2.24. The van der Waals surface area contributed by atoms with E-state index in [2.05, 4.69) is 6.72 Å². The van der Waals surface area contributed by atoms with Crippen LogP contribution in [0.25, 0.3) is 0 Å². The summed E-state index contributed by atoms with van der Waals surface area (Å²) in [6.07, 6.45) is 4.38. The Labute approximate surface area is 82.5 Å². The van der Waals surface area contributed by atoms with Crippen LogP contribution in [0.2, 0.25) is 0 Å². The van der Waals surface area contributed by atoms with Crippen LogP contribution >= 0.6 is 0 Å². The fourth-order valence-corrected chi connectivity index (χ4v) is 1.57. The highest BCUT2D eigenvalue weighted by Crippen LogP contribution is 2.32. The molecule has 72 valence electrons. The van der Waals surface area contributed by atoms with Crippen LogP contribution in [0.1, 0.15) is 18.1 Å². The third-order valence-electron chi connectivity index (χ3n) is 2.24. The molecule has 1 aromatic rings. The smallest absolute Gasteiger partial charge is 0.222 e. The van der Waals surface area contributed by atoms with Crippen molar-refractivity contribution < 1.29 is 9.48 Å². The minimum Gasteiger partial charge on any atom is -0.619 e. The molecule has 14 heavy (non-hydrogen) atoms. The zero-order chi connectivity index (χ0) is 9.97. The van der Waals surface area contributed by atoms with Gasteiger partial charge in [0.2, 0.25) is 5.69 Å². The number of ether oxygens (including phenoxy) is 1. The van der Waals surface area contributed by atoms with Gasteiger partial charge < -0.3 is 9.94 Å². The molecule has 0 radical (unpaired) electrons. The van der Waals surface area contributed by atoms with Gasteiger partial charge >= 0.3 is 0 Å². The van der Waals surface area contributed by atoms with Crippen LogP contribution in [0, 0.1) is 5.21 Å². The Morgan fingerprint density at radius 1 is 1.43 bits per heavy atom. The molecule has 1 aliphatic heterocycles. The van der Waals surface area contributed by atoms with Crippen LogP contribution < -0.4 is 0 Å². The van der Waals surface area contributed by atoms with Crippen molar-refractivity contribution in [3.05, 3.63) is 47.4 Å². The molecular weight excluding hydrogens is 178 g/mol. The van der Waals surface area contributed by atoms with E-state index in [9.17, 15) is 5.21 Å². The van der Waals surface area contributed by atoms with Gasteiger partial charge in [-0.2, -0.15) is 4.74 Å².